The average molecular weight is 560 g/mol. The van der Waals surface area contributed by atoms with Crippen molar-refractivity contribution in [2.45, 2.75) is 38.5 Å². The fourth-order valence-electron chi connectivity index (χ4n) is 5.08. The minimum atomic E-state index is -4.47. The van der Waals surface area contributed by atoms with Gasteiger partial charge in [-0.3, -0.25) is 4.79 Å². The number of nitrogens with zero attached hydrogens (tertiary/aromatic N) is 2. The molecule has 0 bridgehead atoms. The van der Waals surface area contributed by atoms with Crippen LogP contribution in [-0.2, 0) is 19.1 Å². The Hall–Kier alpha value is -4.46. The van der Waals surface area contributed by atoms with Crippen LogP contribution < -0.4 is 5.32 Å². The van der Waals surface area contributed by atoms with E-state index in [1.165, 1.54) is 24.3 Å². The first kappa shape index (κ1) is 28.1. The van der Waals surface area contributed by atoms with Gasteiger partial charge in [-0.2, -0.15) is 13.2 Å². The standard InChI is InChI=1S/C33H29F4N3O/c1-21(40(2)20-22-7-15-26(34)16-8-22)38-27-17-13-24-14-18-31(29(24)19-27)39-32(41)25-11-9-23(10-12-25)28-5-3-4-6-30(28)33(35,36)37/h3-13,15-17,19,31H,14,18,20H2,1-2H3,(H,39,41)/b38-21+/t31-/m0/s1. The molecule has 1 aliphatic rings. The van der Waals surface area contributed by atoms with Crippen LogP contribution in [0.25, 0.3) is 11.1 Å². The average Bonchev–Trinajstić information content (AvgIpc) is 3.35. The first-order valence-electron chi connectivity index (χ1n) is 13.3. The van der Waals surface area contributed by atoms with E-state index in [1.807, 2.05) is 37.1 Å². The Morgan fingerprint density at radius 2 is 1.68 bits per heavy atom. The van der Waals surface area contributed by atoms with Crippen molar-refractivity contribution in [2.24, 2.45) is 4.99 Å². The fraction of sp³-hybridized carbons (Fsp3) is 0.212. The SMILES string of the molecule is C/C(=N\c1ccc2c(c1)[C@@H](NC(=O)c1ccc(-c3ccccc3C(F)(F)F)cc1)CC2)N(C)Cc1ccc(F)cc1. The molecule has 0 aliphatic heterocycles. The number of carbonyl (C=O) groups excluding carboxylic acids is 1. The van der Waals surface area contributed by atoms with Gasteiger partial charge in [-0.15, -0.1) is 0 Å². The first-order chi connectivity index (χ1) is 19.6. The van der Waals surface area contributed by atoms with Gasteiger partial charge in [0.25, 0.3) is 5.91 Å². The summed E-state index contributed by atoms with van der Waals surface area (Å²) in [6, 6.07) is 23.7. The lowest BCUT2D eigenvalue weighted by atomic mass is 9.98. The number of benzene rings is 4. The topological polar surface area (TPSA) is 44.7 Å². The van der Waals surface area contributed by atoms with Crippen LogP contribution in [0.15, 0.2) is 96.0 Å². The zero-order valence-corrected chi connectivity index (χ0v) is 22.7. The van der Waals surface area contributed by atoms with Gasteiger partial charge in [0.05, 0.1) is 17.3 Å². The molecule has 0 saturated heterocycles. The van der Waals surface area contributed by atoms with Gasteiger partial charge in [0, 0.05) is 19.2 Å². The van der Waals surface area contributed by atoms with Crippen LogP contribution in [0.1, 0.15) is 52.0 Å². The monoisotopic (exact) mass is 559 g/mol. The summed E-state index contributed by atoms with van der Waals surface area (Å²) in [5, 5.41) is 3.08. The van der Waals surface area contributed by atoms with Gasteiger partial charge in [0.2, 0.25) is 0 Å². The van der Waals surface area contributed by atoms with Crippen molar-refractivity contribution in [1.29, 1.82) is 0 Å². The molecule has 1 aliphatic carbocycles. The van der Waals surface area contributed by atoms with E-state index in [0.717, 1.165) is 47.1 Å². The molecule has 0 saturated carbocycles. The van der Waals surface area contributed by atoms with Crippen molar-refractivity contribution in [3.8, 4) is 11.1 Å². The van der Waals surface area contributed by atoms with Crippen LogP contribution in [0.2, 0.25) is 0 Å². The van der Waals surface area contributed by atoms with E-state index in [-0.39, 0.29) is 23.3 Å². The van der Waals surface area contributed by atoms with Crippen molar-refractivity contribution in [2.75, 3.05) is 7.05 Å². The van der Waals surface area contributed by atoms with Crippen LogP contribution in [0, 0.1) is 5.82 Å². The normalized spacial score (nSPS) is 15.0. The minimum absolute atomic E-state index is 0.0726. The van der Waals surface area contributed by atoms with Gasteiger partial charge >= 0.3 is 6.18 Å². The van der Waals surface area contributed by atoms with Crippen molar-refractivity contribution in [3.05, 3.63) is 125 Å². The van der Waals surface area contributed by atoms with E-state index in [4.69, 9.17) is 4.99 Å². The van der Waals surface area contributed by atoms with E-state index >= 15 is 0 Å². The Balaban J connectivity index is 1.28. The molecule has 8 heteroatoms. The van der Waals surface area contributed by atoms with Gasteiger partial charge < -0.3 is 10.2 Å². The lowest BCUT2D eigenvalue weighted by Crippen LogP contribution is -2.27. The molecule has 0 fully saturated rings. The molecule has 0 unspecified atom stereocenters. The van der Waals surface area contributed by atoms with Crippen LogP contribution in [-0.4, -0.2) is 23.7 Å². The van der Waals surface area contributed by atoms with Gasteiger partial charge in [-0.25, -0.2) is 9.38 Å². The van der Waals surface area contributed by atoms with Crippen molar-refractivity contribution in [1.82, 2.24) is 10.2 Å². The Morgan fingerprint density at radius 3 is 2.39 bits per heavy atom. The molecule has 41 heavy (non-hydrogen) atoms. The van der Waals surface area contributed by atoms with E-state index < -0.39 is 11.7 Å². The highest BCUT2D eigenvalue weighted by molar-refractivity contribution is 5.95. The lowest BCUT2D eigenvalue weighted by Gasteiger charge is -2.19. The quantitative estimate of drug-likeness (QED) is 0.147. The maximum absolute atomic E-state index is 13.4. The fourth-order valence-corrected chi connectivity index (χ4v) is 5.08. The number of nitrogens with one attached hydrogen (secondary N) is 1. The number of alkyl halides is 3. The number of amides is 1. The summed E-state index contributed by atoms with van der Waals surface area (Å²) in [5.74, 6) is 0.230. The molecular formula is C33H29F4N3O. The van der Waals surface area contributed by atoms with Gasteiger partial charge in [0.15, 0.2) is 0 Å². The van der Waals surface area contributed by atoms with Crippen LogP contribution in [0.4, 0.5) is 23.2 Å². The highest BCUT2D eigenvalue weighted by Gasteiger charge is 2.33. The van der Waals surface area contributed by atoms with Gasteiger partial charge in [0.1, 0.15) is 11.7 Å². The lowest BCUT2D eigenvalue weighted by molar-refractivity contribution is -0.137. The Bertz CT molecular complexity index is 1580. The second-order valence-electron chi connectivity index (χ2n) is 10.2. The van der Waals surface area contributed by atoms with Crippen LogP contribution in [0.5, 0.6) is 0 Å². The predicted octanol–water partition coefficient (Wildman–Crippen LogP) is 8.11. The molecule has 1 N–H and O–H groups in total. The molecule has 0 spiro atoms. The Morgan fingerprint density at radius 1 is 0.976 bits per heavy atom. The third-order valence-electron chi connectivity index (χ3n) is 7.38. The third-order valence-corrected chi connectivity index (χ3v) is 7.38. The smallest absolute Gasteiger partial charge is 0.359 e. The predicted molar refractivity (Wildman–Crippen MR) is 152 cm³/mol. The third kappa shape index (κ3) is 6.48. The molecule has 0 radical (unpaired) electrons. The van der Waals surface area contributed by atoms with Gasteiger partial charge in [-0.1, -0.05) is 48.5 Å². The zero-order valence-electron chi connectivity index (χ0n) is 22.7. The summed E-state index contributed by atoms with van der Waals surface area (Å²) >= 11 is 0. The summed E-state index contributed by atoms with van der Waals surface area (Å²) in [6.07, 6.45) is -2.91. The molecule has 1 amide bonds. The van der Waals surface area contributed by atoms with E-state index in [0.29, 0.717) is 17.7 Å². The molecule has 1 atom stereocenters. The second kappa shape index (κ2) is 11.6. The maximum Gasteiger partial charge on any atom is 0.417 e. The number of carbonyl (C=O) groups is 1. The van der Waals surface area contributed by atoms with Crippen molar-refractivity contribution in [3.63, 3.8) is 0 Å². The number of halogens is 4. The molecular weight excluding hydrogens is 530 g/mol. The number of hydrogen-bond acceptors (Lipinski definition) is 2. The van der Waals surface area contributed by atoms with E-state index in [9.17, 15) is 22.4 Å². The minimum Gasteiger partial charge on any atom is -0.359 e. The highest BCUT2D eigenvalue weighted by atomic mass is 19.4. The summed E-state index contributed by atoms with van der Waals surface area (Å²) in [4.78, 5) is 19.8. The summed E-state index contributed by atoms with van der Waals surface area (Å²) in [7, 11) is 1.92. The second-order valence-corrected chi connectivity index (χ2v) is 10.2. The number of aryl methyl sites for hydroxylation is 1. The maximum atomic E-state index is 13.4. The van der Waals surface area contributed by atoms with Gasteiger partial charge in [-0.05, 0) is 90.0 Å². The largest absolute Gasteiger partial charge is 0.417 e. The van der Waals surface area contributed by atoms with E-state index in [2.05, 4.69) is 5.32 Å². The zero-order chi connectivity index (χ0) is 29.1. The van der Waals surface area contributed by atoms with Crippen molar-refractivity contribution < 1.29 is 22.4 Å². The first-order valence-corrected chi connectivity index (χ1v) is 13.3. The summed E-state index contributed by atoms with van der Waals surface area (Å²) < 4.78 is 53.5. The summed E-state index contributed by atoms with van der Waals surface area (Å²) in [5.41, 5.74) is 4.01. The Kier molecular flexibility index (Phi) is 7.92. The van der Waals surface area contributed by atoms with E-state index in [1.54, 1.807) is 42.5 Å². The Labute approximate surface area is 236 Å². The molecule has 4 nitrogen and oxygen atoms in total. The highest BCUT2D eigenvalue weighted by Crippen LogP contribution is 2.37. The molecule has 5 rings (SSSR count). The van der Waals surface area contributed by atoms with Crippen molar-refractivity contribution >= 4 is 17.4 Å². The number of hydrogen-bond donors (Lipinski definition) is 1. The molecule has 4 aromatic carbocycles. The molecule has 210 valence electrons. The molecule has 4 aromatic rings. The number of aliphatic imine (C=N–C) groups is 1. The number of rotatable bonds is 6. The number of amidine groups is 1. The van der Waals surface area contributed by atoms with Crippen LogP contribution >= 0.6 is 0 Å². The van der Waals surface area contributed by atoms with Crippen LogP contribution in [0.3, 0.4) is 0 Å². The number of fused-ring (bicyclic) bond motifs is 1. The molecule has 0 heterocycles. The summed E-state index contributed by atoms with van der Waals surface area (Å²) in [6.45, 7) is 2.49. The molecule has 0 aromatic heterocycles.